The van der Waals surface area contributed by atoms with E-state index in [0.717, 1.165) is 29.7 Å². The van der Waals surface area contributed by atoms with E-state index in [9.17, 15) is 4.79 Å². The molecule has 0 radical (unpaired) electrons. The van der Waals surface area contributed by atoms with Gasteiger partial charge in [-0.25, -0.2) is 0 Å². The predicted molar refractivity (Wildman–Crippen MR) is 73.5 cm³/mol. The van der Waals surface area contributed by atoms with Crippen LogP contribution in [0.1, 0.15) is 70.6 Å². The van der Waals surface area contributed by atoms with E-state index in [4.69, 9.17) is 0 Å². The topological polar surface area (TPSA) is 20.3 Å². The van der Waals surface area contributed by atoms with Gasteiger partial charge in [-0.05, 0) is 62.5 Å². The normalized spacial score (nSPS) is 29.1. The predicted octanol–water partition coefficient (Wildman–Crippen LogP) is 3.52. The van der Waals surface area contributed by atoms with E-state index in [1.54, 1.807) is 10.4 Å². The van der Waals surface area contributed by atoms with Crippen molar-refractivity contribution in [3.05, 3.63) is 20.9 Å². The molecule has 1 amide bonds. The first-order valence-electron chi connectivity index (χ1n) is 7.13. The Morgan fingerprint density at radius 3 is 2.83 bits per heavy atom. The molecular formula is C15H19NOS. The SMILES string of the molecule is CC(C)N1CCc2c(sc3c2C2CCC3C2)C1=O. The van der Waals surface area contributed by atoms with Crippen LogP contribution in [0, 0.1) is 0 Å². The summed E-state index contributed by atoms with van der Waals surface area (Å²) in [5.74, 6) is 1.88. The number of hydrogen-bond acceptors (Lipinski definition) is 2. The van der Waals surface area contributed by atoms with Gasteiger partial charge >= 0.3 is 0 Å². The first-order chi connectivity index (χ1) is 8.66. The van der Waals surface area contributed by atoms with Crippen molar-refractivity contribution in [3.8, 4) is 0 Å². The highest BCUT2D eigenvalue weighted by molar-refractivity contribution is 7.14. The molecule has 0 spiro atoms. The maximum absolute atomic E-state index is 12.5. The molecule has 0 N–H and O–H groups in total. The van der Waals surface area contributed by atoms with Crippen molar-refractivity contribution in [2.75, 3.05) is 6.54 Å². The Kier molecular flexibility index (Phi) is 2.20. The Bertz CT molecular complexity index is 531. The number of thiophene rings is 1. The van der Waals surface area contributed by atoms with E-state index in [1.807, 2.05) is 16.2 Å². The molecule has 18 heavy (non-hydrogen) atoms. The van der Waals surface area contributed by atoms with Crippen LogP contribution in [0.2, 0.25) is 0 Å². The minimum Gasteiger partial charge on any atom is -0.335 e. The van der Waals surface area contributed by atoms with Crippen LogP contribution in [0.3, 0.4) is 0 Å². The lowest BCUT2D eigenvalue weighted by atomic mass is 9.91. The number of nitrogens with zero attached hydrogens (tertiary/aromatic N) is 1. The van der Waals surface area contributed by atoms with Gasteiger partial charge in [0.15, 0.2) is 0 Å². The van der Waals surface area contributed by atoms with Crippen molar-refractivity contribution in [2.24, 2.45) is 0 Å². The molecule has 2 unspecified atom stereocenters. The molecule has 1 saturated carbocycles. The number of hydrogen-bond donors (Lipinski definition) is 0. The smallest absolute Gasteiger partial charge is 0.264 e. The lowest BCUT2D eigenvalue weighted by Gasteiger charge is -2.31. The molecule has 2 aliphatic carbocycles. The molecule has 1 aromatic rings. The molecule has 0 aromatic carbocycles. The summed E-state index contributed by atoms with van der Waals surface area (Å²) in [6, 6.07) is 0.333. The number of carbonyl (C=O) groups excluding carboxylic acids is 1. The quantitative estimate of drug-likeness (QED) is 0.757. The molecule has 2 bridgehead atoms. The van der Waals surface area contributed by atoms with Gasteiger partial charge in [-0.3, -0.25) is 4.79 Å². The Morgan fingerprint density at radius 2 is 2.06 bits per heavy atom. The van der Waals surface area contributed by atoms with Crippen molar-refractivity contribution in [3.63, 3.8) is 0 Å². The summed E-state index contributed by atoms with van der Waals surface area (Å²) in [5, 5.41) is 0. The monoisotopic (exact) mass is 261 g/mol. The molecule has 1 aliphatic heterocycles. The van der Waals surface area contributed by atoms with Crippen LogP contribution in [0.25, 0.3) is 0 Å². The van der Waals surface area contributed by atoms with Gasteiger partial charge in [-0.15, -0.1) is 11.3 Å². The number of fused-ring (bicyclic) bond motifs is 7. The third-order valence-corrected chi connectivity index (χ3v) is 6.37. The largest absolute Gasteiger partial charge is 0.335 e. The lowest BCUT2D eigenvalue weighted by molar-refractivity contribution is 0.0694. The molecule has 3 heteroatoms. The number of rotatable bonds is 1. The summed E-state index contributed by atoms with van der Waals surface area (Å²) in [4.78, 5) is 17.2. The molecule has 2 atom stereocenters. The second-order valence-corrected chi connectivity index (χ2v) is 7.29. The molecule has 3 aliphatic rings. The van der Waals surface area contributed by atoms with Gasteiger partial charge in [0.1, 0.15) is 0 Å². The standard InChI is InChI=1S/C15H19NOS/c1-8(2)16-6-5-11-12-9-3-4-10(7-9)13(12)18-14(11)15(16)17/h8-10H,3-7H2,1-2H3. The highest BCUT2D eigenvalue weighted by atomic mass is 32.1. The zero-order valence-electron chi connectivity index (χ0n) is 11.0. The third kappa shape index (κ3) is 1.26. The van der Waals surface area contributed by atoms with Gasteiger partial charge in [0.25, 0.3) is 5.91 Å². The van der Waals surface area contributed by atoms with Crippen LogP contribution in [0.15, 0.2) is 0 Å². The minimum absolute atomic E-state index is 0.296. The van der Waals surface area contributed by atoms with Crippen LogP contribution in [-0.4, -0.2) is 23.4 Å². The highest BCUT2D eigenvalue weighted by Gasteiger charge is 2.43. The van der Waals surface area contributed by atoms with Gasteiger partial charge in [-0.1, -0.05) is 0 Å². The van der Waals surface area contributed by atoms with E-state index in [-0.39, 0.29) is 0 Å². The summed E-state index contributed by atoms with van der Waals surface area (Å²) in [6.45, 7) is 5.16. The second kappa shape index (κ2) is 3.60. The molecular weight excluding hydrogens is 242 g/mol. The van der Waals surface area contributed by atoms with Crippen molar-refractivity contribution in [1.82, 2.24) is 4.90 Å². The summed E-state index contributed by atoms with van der Waals surface area (Å²) in [6.07, 6.45) is 5.19. The van der Waals surface area contributed by atoms with E-state index in [2.05, 4.69) is 13.8 Å². The molecule has 1 fully saturated rings. The molecule has 2 heterocycles. The number of carbonyl (C=O) groups is 1. The second-order valence-electron chi connectivity index (χ2n) is 6.24. The van der Waals surface area contributed by atoms with Crippen LogP contribution < -0.4 is 0 Å². The van der Waals surface area contributed by atoms with E-state index >= 15 is 0 Å². The van der Waals surface area contributed by atoms with Crippen molar-refractivity contribution >= 4 is 17.2 Å². The zero-order chi connectivity index (χ0) is 12.4. The Hall–Kier alpha value is -0.830. The fraction of sp³-hybridized carbons (Fsp3) is 0.667. The minimum atomic E-state index is 0.296. The van der Waals surface area contributed by atoms with Gasteiger partial charge in [-0.2, -0.15) is 0 Å². The van der Waals surface area contributed by atoms with Crippen molar-refractivity contribution in [1.29, 1.82) is 0 Å². The Morgan fingerprint density at radius 1 is 1.28 bits per heavy atom. The lowest BCUT2D eigenvalue weighted by Crippen LogP contribution is -2.41. The first-order valence-corrected chi connectivity index (χ1v) is 7.95. The average molecular weight is 261 g/mol. The maximum atomic E-state index is 12.5. The molecule has 96 valence electrons. The zero-order valence-corrected chi connectivity index (χ0v) is 11.8. The summed E-state index contributed by atoms with van der Waals surface area (Å²) < 4.78 is 0. The van der Waals surface area contributed by atoms with Gasteiger partial charge in [0, 0.05) is 17.5 Å². The summed E-state index contributed by atoms with van der Waals surface area (Å²) in [7, 11) is 0. The summed E-state index contributed by atoms with van der Waals surface area (Å²) >= 11 is 1.83. The third-order valence-electron chi connectivity index (χ3n) is 4.97. The number of amides is 1. The van der Waals surface area contributed by atoms with E-state index in [0.29, 0.717) is 11.9 Å². The Balaban J connectivity index is 1.81. The van der Waals surface area contributed by atoms with Crippen LogP contribution in [0.4, 0.5) is 0 Å². The molecule has 1 aromatic heterocycles. The molecule has 4 rings (SSSR count). The van der Waals surface area contributed by atoms with E-state index < -0.39 is 0 Å². The van der Waals surface area contributed by atoms with Gasteiger partial charge in [0.2, 0.25) is 0 Å². The average Bonchev–Trinajstić information content (AvgIpc) is 2.99. The fourth-order valence-electron chi connectivity index (χ4n) is 4.11. The van der Waals surface area contributed by atoms with Crippen molar-refractivity contribution in [2.45, 2.75) is 57.4 Å². The van der Waals surface area contributed by atoms with Crippen molar-refractivity contribution < 1.29 is 4.79 Å². The highest BCUT2D eigenvalue weighted by Crippen LogP contribution is 2.58. The molecule has 2 nitrogen and oxygen atoms in total. The first kappa shape index (κ1) is 11.0. The van der Waals surface area contributed by atoms with Gasteiger partial charge < -0.3 is 4.90 Å². The fourth-order valence-corrected chi connectivity index (χ4v) is 5.65. The molecule has 0 saturated heterocycles. The Labute approximate surface area is 112 Å². The summed E-state index contributed by atoms with van der Waals surface area (Å²) in [5.41, 5.74) is 3.05. The van der Waals surface area contributed by atoms with Gasteiger partial charge in [0.05, 0.1) is 4.88 Å². The van der Waals surface area contributed by atoms with Crippen LogP contribution in [-0.2, 0) is 6.42 Å². The van der Waals surface area contributed by atoms with E-state index in [1.165, 1.54) is 24.8 Å². The maximum Gasteiger partial charge on any atom is 0.264 e. The van der Waals surface area contributed by atoms with Crippen LogP contribution >= 0.6 is 11.3 Å². The van der Waals surface area contributed by atoms with Crippen LogP contribution in [0.5, 0.6) is 0 Å².